The molecule has 53 heavy (non-hydrogen) atoms. The van der Waals surface area contributed by atoms with Crippen LogP contribution in [0.2, 0.25) is 0 Å². The molecule has 0 bridgehead atoms. The quantitative estimate of drug-likeness (QED) is 0.113. The molecule has 0 saturated carbocycles. The molecule has 274 valence electrons. The highest BCUT2D eigenvalue weighted by atomic mass is 16.7. The number of esters is 3. The molecule has 0 N–H and O–H groups in total. The van der Waals surface area contributed by atoms with Gasteiger partial charge in [-0.25, -0.2) is 14.4 Å². The number of hydrogen-bond donors (Lipinski definition) is 0. The van der Waals surface area contributed by atoms with Gasteiger partial charge in [0.15, 0.2) is 5.76 Å². The summed E-state index contributed by atoms with van der Waals surface area (Å²) in [6.07, 6.45) is -3.63. The van der Waals surface area contributed by atoms with Crippen molar-refractivity contribution in [3.05, 3.63) is 155 Å². The minimum atomic E-state index is -1.40. The van der Waals surface area contributed by atoms with Crippen LogP contribution in [-0.2, 0) is 44.6 Å². The van der Waals surface area contributed by atoms with E-state index in [4.69, 9.17) is 33.2 Å². The Labute approximate surface area is 307 Å². The summed E-state index contributed by atoms with van der Waals surface area (Å²) in [5.41, 5.74) is 1.88. The number of carbonyl (C=O) groups is 4. The molecule has 0 spiro atoms. The van der Waals surface area contributed by atoms with E-state index in [1.165, 1.54) is 6.08 Å². The molecule has 4 aromatic carbocycles. The SMILES string of the molecule is CC1[C@H](OC2=CC(COC(=O)c3ccccc3)OC(OCc3ccccc3)C2=O)OC(COC(=O)c2ccccc2)[C@@H](C)[C@@H]1OC(=O)c1ccccc1. The van der Waals surface area contributed by atoms with Crippen molar-refractivity contribution >= 4 is 23.7 Å². The van der Waals surface area contributed by atoms with E-state index in [1.807, 2.05) is 37.3 Å². The molecule has 11 nitrogen and oxygen atoms in total. The highest BCUT2D eigenvalue weighted by Crippen LogP contribution is 2.36. The van der Waals surface area contributed by atoms with E-state index >= 15 is 0 Å². The molecule has 11 heteroatoms. The summed E-state index contributed by atoms with van der Waals surface area (Å²) < 4.78 is 41.8. The molecule has 2 aliphatic heterocycles. The third-order valence-electron chi connectivity index (χ3n) is 8.97. The van der Waals surface area contributed by atoms with Crippen molar-refractivity contribution in [3.63, 3.8) is 0 Å². The average molecular weight is 721 g/mol. The van der Waals surface area contributed by atoms with E-state index in [9.17, 15) is 19.2 Å². The molecule has 6 rings (SSSR count). The molecule has 1 saturated heterocycles. The third-order valence-corrected chi connectivity index (χ3v) is 8.97. The minimum Gasteiger partial charge on any atom is -0.461 e. The molecule has 4 unspecified atom stereocenters. The van der Waals surface area contributed by atoms with Crippen LogP contribution in [0.1, 0.15) is 50.5 Å². The Hall–Kier alpha value is -5.62. The molecular weight excluding hydrogens is 680 g/mol. The molecule has 0 aromatic heterocycles. The largest absolute Gasteiger partial charge is 0.461 e. The second kappa shape index (κ2) is 17.7. The Balaban J connectivity index is 1.23. The van der Waals surface area contributed by atoms with Crippen molar-refractivity contribution in [2.75, 3.05) is 13.2 Å². The maximum absolute atomic E-state index is 13.8. The van der Waals surface area contributed by atoms with Crippen LogP contribution in [0.4, 0.5) is 0 Å². The van der Waals surface area contributed by atoms with Crippen molar-refractivity contribution in [1.29, 1.82) is 0 Å². The number of hydrogen-bond acceptors (Lipinski definition) is 11. The van der Waals surface area contributed by atoms with Gasteiger partial charge in [0.1, 0.15) is 31.5 Å². The third kappa shape index (κ3) is 9.63. The molecule has 2 heterocycles. The second-order valence-corrected chi connectivity index (χ2v) is 12.7. The van der Waals surface area contributed by atoms with Crippen molar-refractivity contribution in [2.24, 2.45) is 11.8 Å². The van der Waals surface area contributed by atoms with Gasteiger partial charge in [0.25, 0.3) is 5.78 Å². The number of ketones is 1. The van der Waals surface area contributed by atoms with E-state index in [2.05, 4.69) is 0 Å². The average Bonchev–Trinajstić information content (AvgIpc) is 3.20. The van der Waals surface area contributed by atoms with Crippen molar-refractivity contribution < 1.29 is 52.3 Å². The lowest BCUT2D eigenvalue weighted by molar-refractivity contribution is -0.258. The first-order chi connectivity index (χ1) is 25.8. The van der Waals surface area contributed by atoms with Crippen molar-refractivity contribution in [3.8, 4) is 0 Å². The van der Waals surface area contributed by atoms with Gasteiger partial charge in [-0.1, -0.05) is 98.8 Å². The summed E-state index contributed by atoms with van der Waals surface area (Å²) in [6, 6.07) is 34.8. The molecule has 7 atom stereocenters. The minimum absolute atomic E-state index is 0.0568. The molecule has 0 radical (unpaired) electrons. The number of carbonyl (C=O) groups excluding carboxylic acids is 4. The Morgan fingerprint density at radius 2 is 1.13 bits per heavy atom. The molecule has 0 amide bonds. The second-order valence-electron chi connectivity index (χ2n) is 12.7. The Morgan fingerprint density at radius 3 is 1.70 bits per heavy atom. The number of ether oxygens (including phenoxy) is 7. The van der Waals surface area contributed by atoms with Crippen LogP contribution >= 0.6 is 0 Å². The van der Waals surface area contributed by atoms with E-state index in [1.54, 1.807) is 97.9 Å². The Kier molecular flexibility index (Phi) is 12.4. The van der Waals surface area contributed by atoms with Crippen LogP contribution in [0.25, 0.3) is 0 Å². The van der Waals surface area contributed by atoms with E-state index in [0.29, 0.717) is 16.7 Å². The van der Waals surface area contributed by atoms with Gasteiger partial charge in [0.05, 0.1) is 29.2 Å². The van der Waals surface area contributed by atoms with Gasteiger partial charge in [0, 0.05) is 5.92 Å². The fourth-order valence-corrected chi connectivity index (χ4v) is 6.00. The number of rotatable bonds is 13. The summed E-state index contributed by atoms with van der Waals surface area (Å²) in [4.78, 5) is 52.7. The zero-order chi connectivity index (χ0) is 37.2. The van der Waals surface area contributed by atoms with E-state index in [-0.39, 0.29) is 25.6 Å². The lowest BCUT2D eigenvalue weighted by Crippen LogP contribution is -2.53. The molecule has 0 aliphatic carbocycles. The smallest absolute Gasteiger partial charge is 0.338 e. The Morgan fingerprint density at radius 1 is 0.623 bits per heavy atom. The standard InChI is InChI=1S/C42H40O11/c1-27-35(26-48-39(45)31-19-11-5-12-20-31)52-41(28(2)37(27)53-40(46)32-21-13-6-14-22-32)51-34-23-33(25-47-38(44)30-17-9-4-10-18-30)50-42(36(34)43)49-24-29-15-7-3-8-16-29/h3-23,27-28,33,35,37,41-42H,24-26H2,1-2H3/t27-,28?,33?,35?,37+,41-,42?/m1/s1. The summed E-state index contributed by atoms with van der Waals surface area (Å²) in [5.74, 6) is -3.49. The lowest BCUT2D eigenvalue weighted by Gasteiger charge is -2.44. The van der Waals surface area contributed by atoms with Crippen molar-refractivity contribution in [1.82, 2.24) is 0 Å². The number of Topliss-reactive ketones (excluding diaryl/α,β-unsaturated/α-hetero) is 1. The van der Waals surface area contributed by atoms with Gasteiger partial charge in [-0.3, -0.25) is 4.79 Å². The van der Waals surface area contributed by atoms with Crippen molar-refractivity contribution in [2.45, 2.75) is 51.3 Å². The summed E-state index contributed by atoms with van der Waals surface area (Å²) in [6.45, 7) is 3.24. The lowest BCUT2D eigenvalue weighted by atomic mass is 9.85. The summed E-state index contributed by atoms with van der Waals surface area (Å²) >= 11 is 0. The first kappa shape index (κ1) is 37.1. The maximum atomic E-state index is 13.8. The molecule has 2 aliphatic rings. The zero-order valence-corrected chi connectivity index (χ0v) is 29.3. The van der Waals surface area contributed by atoms with E-state index < -0.39 is 66.4 Å². The predicted octanol–water partition coefficient (Wildman–Crippen LogP) is 6.33. The fourth-order valence-electron chi connectivity index (χ4n) is 6.00. The van der Waals surface area contributed by atoms with Crippen LogP contribution in [0, 0.1) is 11.8 Å². The normalized spacial score (nSPS) is 24.0. The summed E-state index contributed by atoms with van der Waals surface area (Å²) in [7, 11) is 0. The predicted molar refractivity (Wildman–Crippen MR) is 190 cm³/mol. The maximum Gasteiger partial charge on any atom is 0.338 e. The Bertz CT molecular complexity index is 1860. The van der Waals surface area contributed by atoms with Gasteiger partial charge in [-0.15, -0.1) is 0 Å². The topological polar surface area (TPSA) is 133 Å². The van der Waals surface area contributed by atoms with Crippen LogP contribution in [0.3, 0.4) is 0 Å². The van der Waals surface area contributed by atoms with Gasteiger partial charge >= 0.3 is 17.9 Å². The van der Waals surface area contributed by atoms with E-state index in [0.717, 1.165) is 5.56 Å². The highest BCUT2D eigenvalue weighted by Gasteiger charge is 2.47. The first-order valence-electron chi connectivity index (χ1n) is 17.4. The summed E-state index contributed by atoms with van der Waals surface area (Å²) in [5, 5.41) is 0. The number of benzene rings is 4. The van der Waals surface area contributed by atoms with Gasteiger partial charge in [-0.05, 0) is 48.0 Å². The van der Waals surface area contributed by atoms with Gasteiger partial charge in [-0.2, -0.15) is 0 Å². The van der Waals surface area contributed by atoms with Gasteiger partial charge in [0.2, 0.25) is 12.6 Å². The van der Waals surface area contributed by atoms with Crippen LogP contribution in [0.15, 0.2) is 133 Å². The zero-order valence-electron chi connectivity index (χ0n) is 29.3. The van der Waals surface area contributed by atoms with Crippen LogP contribution in [-0.4, -0.2) is 67.8 Å². The van der Waals surface area contributed by atoms with Crippen LogP contribution < -0.4 is 0 Å². The molecule has 1 fully saturated rings. The molecular formula is C42H40O11. The fraction of sp³-hybridized carbons (Fsp3) is 0.286. The van der Waals surface area contributed by atoms with Gasteiger partial charge < -0.3 is 33.2 Å². The van der Waals surface area contributed by atoms with Crippen LogP contribution in [0.5, 0.6) is 0 Å². The first-order valence-corrected chi connectivity index (χ1v) is 17.4. The molecule has 4 aromatic rings. The highest BCUT2D eigenvalue weighted by molar-refractivity contribution is 5.97. The monoisotopic (exact) mass is 720 g/mol.